The van der Waals surface area contributed by atoms with Crippen molar-refractivity contribution in [1.82, 2.24) is 15.3 Å². The second kappa shape index (κ2) is 8.70. The third-order valence-corrected chi connectivity index (χ3v) is 6.35. The lowest BCUT2D eigenvalue weighted by Gasteiger charge is -2.34. The van der Waals surface area contributed by atoms with Crippen molar-refractivity contribution in [2.45, 2.75) is 56.7 Å². The Balaban J connectivity index is 1.45. The molecule has 2 aliphatic rings. The van der Waals surface area contributed by atoms with Gasteiger partial charge in [-0.1, -0.05) is 13.3 Å². The molecule has 0 bridgehead atoms. The summed E-state index contributed by atoms with van der Waals surface area (Å²) in [5.41, 5.74) is 0. The number of piperidine rings is 1. The van der Waals surface area contributed by atoms with E-state index in [4.69, 9.17) is 0 Å². The van der Waals surface area contributed by atoms with Crippen molar-refractivity contribution in [2.75, 3.05) is 23.7 Å². The summed E-state index contributed by atoms with van der Waals surface area (Å²) in [4.78, 5) is 23.3. The number of carbonyl (C=O) groups excluding carboxylic acids is 1. The van der Waals surface area contributed by atoms with Gasteiger partial charge in [-0.3, -0.25) is 9.78 Å². The maximum atomic E-state index is 12.6. The zero-order chi connectivity index (χ0) is 16.8. The van der Waals surface area contributed by atoms with E-state index in [2.05, 4.69) is 27.1 Å². The average Bonchev–Trinajstić information content (AvgIpc) is 2.63. The van der Waals surface area contributed by atoms with Crippen LogP contribution in [0.1, 0.15) is 45.4 Å². The monoisotopic (exact) mass is 348 g/mol. The van der Waals surface area contributed by atoms with Crippen LogP contribution in [-0.4, -0.2) is 46.0 Å². The van der Waals surface area contributed by atoms with E-state index in [1.54, 1.807) is 18.6 Å². The van der Waals surface area contributed by atoms with Gasteiger partial charge in [0.1, 0.15) is 5.82 Å². The minimum atomic E-state index is 0.150. The van der Waals surface area contributed by atoms with Gasteiger partial charge in [-0.25, -0.2) is 4.98 Å². The fourth-order valence-corrected chi connectivity index (χ4v) is 4.98. The first-order chi connectivity index (χ1) is 11.8. The maximum absolute atomic E-state index is 12.6. The van der Waals surface area contributed by atoms with Crippen LogP contribution in [0.25, 0.3) is 0 Å². The fourth-order valence-electron chi connectivity index (χ4n) is 3.81. The topological polar surface area (TPSA) is 58.1 Å². The first-order valence-electron chi connectivity index (χ1n) is 9.19. The summed E-state index contributed by atoms with van der Waals surface area (Å²) in [5, 5.41) is 4.06. The minimum absolute atomic E-state index is 0.150. The van der Waals surface area contributed by atoms with Gasteiger partial charge in [-0.15, -0.1) is 0 Å². The number of hydrogen-bond donors (Lipinski definition) is 1. The van der Waals surface area contributed by atoms with Crippen LogP contribution in [-0.2, 0) is 4.79 Å². The van der Waals surface area contributed by atoms with Gasteiger partial charge in [0, 0.05) is 42.7 Å². The number of nitrogens with zero attached hydrogens (tertiary/aromatic N) is 3. The average molecular weight is 349 g/mol. The Morgan fingerprint density at radius 3 is 2.83 bits per heavy atom. The van der Waals surface area contributed by atoms with Gasteiger partial charge in [0.25, 0.3) is 0 Å². The van der Waals surface area contributed by atoms with Crippen molar-refractivity contribution in [3.8, 4) is 0 Å². The SMILES string of the molecule is CCS[C@H]1CCC[C@H](NC(=O)C2CCN(c3cnccn3)CC2)C1. The van der Waals surface area contributed by atoms with Crippen LogP contribution in [0.4, 0.5) is 5.82 Å². The normalized spacial score (nSPS) is 25.5. The van der Waals surface area contributed by atoms with Gasteiger partial charge in [0.2, 0.25) is 5.91 Å². The smallest absolute Gasteiger partial charge is 0.223 e. The van der Waals surface area contributed by atoms with Crippen LogP contribution >= 0.6 is 11.8 Å². The second-order valence-electron chi connectivity index (χ2n) is 6.77. The van der Waals surface area contributed by atoms with Gasteiger partial charge >= 0.3 is 0 Å². The molecule has 24 heavy (non-hydrogen) atoms. The van der Waals surface area contributed by atoms with Crippen molar-refractivity contribution in [1.29, 1.82) is 0 Å². The van der Waals surface area contributed by atoms with Crippen molar-refractivity contribution in [3.05, 3.63) is 18.6 Å². The van der Waals surface area contributed by atoms with Crippen LogP contribution in [0, 0.1) is 5.92 Å². The zero-order valence-corrected chi connectivity index (χ0v) is 15.3. The van der Waals surface area contributed by atoms with Crippen LogP contribution in [0.2, 0.25) is 0 Å². The Kier molecular flexibility index (Phi) is 6.35. The molecule has 0 aromatic carbocycles. The molecule has 2 atom stereocenters. The Labute approximate surface area is 149 Å². The highest BCUT2D eigenvalue weighted by Gasteiger charge is 2.29. The van der Waals surface area contributed by atoms with E-state index in [1.165, 1.54) is 18.6 Å². The highest BCUT2D eigenvalue weighted by Crippen LogP contribution is 2.29. The largest absolute Gasteiger partial charge is 0.355 e. The van der Waals surface area contributed by atoms with Gasteiger partial charge in [-0.2, -0.15) is 11.8 Å². The van der Waals surface area contributed by atoms with Gasteiger partial charge in [0.05, 0.1) is 6.20 Å². The molecule has 1 aromatic rings. The summed E-state index contributed by atoms with van der Waals surface area (Å²) in [5.74, 6) is 2.51. The molecule has 0 radical (unpaired) electrons. The molecular formula is C18H28N4OS. The summed E-state index contributed by atoms with van der Waals surface area (Å²) in [6, 6.07) is 0.383. The fraction of sp³-hybridized carbons (Fsp3) is 0.722. The van der Waals surface area contributed by atoms with E-state index < -0.39 is 0 Å². The first-order valence-corrected chi connectivity index (χ1v) is 10.2. The zero-order valence-electron chi connectivity index (χ0n) is 14.5. The molecule has 1 aliphatic carbocycles. The summed E-state index contributed by atoms with van der Waals surface area (Å²) in [6.07, 6.45) is 11.9. The Hall–Kier alpha value is -1.30. The van der Waals surface area contributed by atoms with E-state index in [0.29, 0.717) is 6.04 Å². The minimum Gasteiger partial charge on any atom is -0.355 e. The number of carbonyl (C=O) groups is 1. The number of hydrogen-bond acceptors (Lipinski definition) is 5. The summed E-state index contributed by atoms with van der Waals surface area (Å²) in [7, 11) is 0. The van der Waals surface area contributed by atoms with Crippen molar-refractivity contribution in [2.24, 2.45) is 5.92 Å². The highest BCUT2D eigenvalue weighted by molar-refractivity contribution is 7.99. The molecule has 0 unspecified atom stereocenters. The Bertz CT molecular complexity index is 517. The molecule has 5 nitrogen and oxygen atoms in total. The number of thioether (sulfide) groups is 1. The molecular weight excluding hydrogens is 320 g/mol. The Morgan fingerprint density at radius 1 is 1.29 bits per heavy atom. The third-order valence-electron chi connectivity index (χ3n) is 5.11. The lowest BCUT2D eigenvalue weighted by Crippen LogP contribution is -2.45. The number of nitrogens with one attached hydrogen (secondary N) is 1. The quantitative estimate of drug-likeness (QED) is 0.887. The molecule has 1 saturated carbocycles. The molecule has 2 heterocycles. The number of amides is 1. The van der Waals surface area contributed by atoms with E-state index in [1.807, 2.05) is 11.8 Å². The Morgan fingerprint density at radius 2 is 2.12 bits per heavy atom. The van der Waals surface area contributed by atoms with Gasteiger partial charge in [-0.05, 0) is 37.9 Å². The maximum Gasteiger partial charge on any atom is 0.223 e. The third kappa shape index (κ3) is 4.62. The molecule has 1 aromatic heterocycles. The molecule has 1 saturated heterocycles. The van der Waals surface area contributed by atoms with Gasteiger partial charge in [0.15, 0.2) is 0 Å². The molecule has 6 heteroatoms. The molecule has 132 valence electrons. The second-order valence-corrected chi connectivity index (χ2v) is 8.35. The lowest BCUT2D eigenvalue weighted by atomic mass is 9.92. The van der Waals surface area contributed by atoms with Crippen molar-refractivity contribution >= 4 is 23.5 Å². The van der Waals surface area contributed by atoms with E-state index in [9.17, 15) is 4.79 Å². The molecule has 2 fully saturated rings. The van der Waals surface area contributed by atoms with Crippen LogP contribution in [0.15, 0.2) is 18.6 Å². The van der Waals surface area contributed by atoms with E-state index >= 15 is 0 Å². The first kappa shape index (κ1) is 17.5. The van der Waals surface area contributed by atoms with E-state index in [0.717, 1.165) is 49.8 Å². The number of aromatic nitrogens is 2. The van der Waals surface area contributed by atoms with Crippen LogP contribution in [0.5, 0.6) is 0 Å². The summed E-state index contributed by atoms with van der Waals surface area (Å²) < 4.78 is 0. The standard InChI is InChI=1S/C18H28N4OS/c1-2-24-16-5-3-4-15(12-16)21-18(23)14-6-10-22(11-7-14)17-13-19-8-9-20-17/h8-9,13-16H,2-7,10-12H2,1H3,(H,21,23)/t15-,16-/m0/s1. The summed E-state index contributed by atoms with van der Waals surface area (Å²) in [6.45, 7) is 3.99. The summed E-state index contributed by atoms with van der Waals surface area (Å²) >= 11 is 2.05. The van der Waals surface area contributed by atoms with E-state index in [-0.39, 0.29) is 11.8 Å². The predicted octanol–water partition coefficient (Wildman–Crippen LogP) is 2.87. The van der Waals surface area contributed by atoms with Crippen LogP contribution < -0.4 is 10.2 Å². The van der Waals surface area contributed by atoms with Crippen molar-refractivity contribution < 1.29 is 4.79 Å². The predicted molar refractivity (Wildman–Crippen MR) is 99.3 cm³/mol. The number of anilines is 1. The molecule has 0 spiro atoms. The molecule has 3 rings (SSSR count). The van der Waals surface area contributed by atoms with Gasteiger partial charge < -0.3 is 10.2 Å². The lowest BCUT2D eigenvalue weighted by molar-refractivity contribution is -0.126. The van der Waals surface area contributed by atoms with Crippen molar-refractivity contribution in [3.63, 3.8) is 0 Å². The molecule has 1 aliphatic heterocycles. The molecule has 1 amide bonds. The molecule has 1 N–H and O–H groups in total. The van der Waals surface area contributed by atoms with Crippen LogP contribution in [0.3, 0.4) is 0 Å². The number of rotatable bonds is 5. The highest BCUT2D eigenvalue weighted by atomic mass is 32.2.